The molecule has 0 spiro atoms. The highest BCUT2D eigenvalue weighted by molar-refractivity contribution is 7.98. The van der Waals surface area contributed by atoms with E-state index in [1.807, 2.05) is 12.1 Å². The first-order valence-electron chi connectivity index (χ1n) is 8.19. The summed E-state index contributed by atoms with van der Waals surface area (Å²) in [7, 11) is 0. The van der Waals surface area contributed by atoms with Crippen LogP contribution in [-0.4, -0.2) is 30.3 Å². The Labute approximate surface area is 151 Å². The Hall–Kier alpha value is -2.22. The number of nitrogens with zero attached hydrogens (tertiary/aromatic N) is 6. The minimum atomic E-state index is -0.177. The van der Waals surface area contributed by atoms with Gasteiger partial charge in [0.15, 0.2) is 0 Å². The fourth-order valence-electron chi connectivity index (χ4n) is 2.26. The summed E-state index contributed by atoms with van der Waals surface area (Å²) < 4.78 is 7.15. The van der Waals surface area contributed by atoms with Gasteiger partial charge in [0.05, 0.1) is 11.3 Å². The third-order valence-electron chi connectivity index (χ3n) is 3.70. The first-order chi connectivity index (χ1) is 11.8. The Bertz CT molecular complexity index is 831. The monoisotopic (exact) mass is 358 g/mol. The van der Waals surface area contributed by atoms with Gasteiger partial charge in [-0.3, -0.25) is 0 Å². The average molecular weight is 358 g/mol. The third-order valence-corrected chi connectivity index (χ3v) is 4.61. The number of tetrazole rings is 1. The SMILES string of the molecule is CC(C)c1ccc(-c2noc(CSc3nnnn3C(C)(C)C)n2)cc1. The quantitative estimate of drug-likeness (QED) is 0.640. The summed E-state index contributed by atoms with van der Waals surface area (Å²) in [6.07, 6.45) is 0. The Morgan fingerprint density at radius 2 is 1.88 bits per heavy atom. The summed E-state index contributed by atoms with van der Waals surface area (Å²) in [6.45, 7) is 10.5. The Kier molecular flexibility index (Phi) is 4.89. The van der Waals surface area contributed by atoms with Gasteiger partial charge >= 0.3 is 0 Å². The minimum Gasteiger partial charge on any atom is -0.338 e. The van der Waals surface area contributed by atoms with Gasteiger partial charge in [-0.15, -0.1) is 5.10 Å². The van der Waals surface area contributed by atoms with Gasteiger partial charge in [-0.05, 0) is 42.7 Å². The minimum absolute atomic E-state index is 0.177. The molecule has 0 bridgehead atoms. The molecule has 0 unspecified atom stereocenters. The molecule has 8 heteroatoms. The van der Waals surface area contributed by atoms with Gasteiger partial charge in [0.2, 0.25) is 16.9 Å². The van der Waals surface area contributed by atoms with Crippen molar-refractivity contribution in [3.05, 3.63) is 35.7 Å². The number of rotatable bonds is 5. The van der Waals surface area contributed by atoms with Gasteiger partial charge in [0, 0.05) is 5.56 Å². The van der Waals surface area contributed by atoms with E-state index in [1.165, 1.54) is 17.3 Å². The number of hydrogen-bond donors (Lipinski definition) is 0. The van der Waals surface area contributed by atoms with E-state index < -0.39 is 0 Å². The molecule has 132 valence electrons. The summed E-state index contributed by atoms with van der Waals surface area (Å²) in [4.78, 5) is 4.47. The van der Waals surface area contributed by atoms with Gasteiger partial charge < -0.3 is 4.52 Å². The predicted molar refractivity (Wildman–Crippen MR) is 96.2 cm³/mol. The topological polar surface area (TPSA) is 82.5 Å². The van der Waals surface area contributed by atoms with Crippen LogP contribution in [0.2, 0.25) is 0 Å². The zero-order valence-electron chi connectivity index (χ0n) is 15.1. The molecule has 0 amide bonds. The van der Waals surface area contributed by atoms with Crippen LogP contribution in [0.25, 0.3) is 11.4 Å². The summed E-state index contributed by atoms with van der Waals surface area (Å²) >= 11 is 1.48. The zero-order valence-corrected chi connectivity index (χ0v) is 15.9. The lowest BCUT2D eigenvalue weighted by Gasteiger charge is -2.19. The van der Waals surface area contributed by atoms with Crippen LogP contribution in [0.1, 0.15) is 52.0 Å². The lowest BCUT2D eigenvalue weighted by molar-refractivity contribution is 0.321. The molecule has 3 rings (SSSR count). The molecule has 0 radical (unpaired) electrons. The van der Waals surface area contributed by atoms with Crippen molar-refractivity contribution in [1.82, 2.24) is 30.3 Å². The number of benzene rings is 1. The molecule has 0 aliphatic heterocycles. The molecule has 0 aliphatic carbocycles. The van der Waals surface area contributed by atoms with Crippen LogP contribution in [0, 0.1) is 0 Å². The second kappa shape index (κ2) is 6.95. The van der Waals surface area contributed by atoms with Crippen molar-refractivity contribution in [2.75, 3.05) is 0 Å². The van der Waals surface area contributed by atoms with Crippen LogP contribution in [0.15, 0.2) is 33.9 Å². The highest BCUT2D eigenvalue weighted by atomic mass is 32.2. The number of aromatic nitrogens is 6. The molecule has 0 aliphatic rings. The van der Waals surface area contributed by atoms with Crippen molar-refractivity contribution in [3.8, 4) is 11.4 Å². The van der Waals surface area contributed by atoms with E-state index in [-0.39, 0.29) is 5.54 Å². The van der Waals surface area contributed by atoms with Gasteiger partial charge in [-0.25, -0.2) is 4.68 Å². The van der Waals surface area contributed by atoms with Crippen molar-refractivity contribution >= 4 is 11.8 Å². The highest BCUT2D eigenvalue weighted by Gasteiger charge is 2.20. The third kappa shape index (κ3) is 4.07. The lowest BCUT2D eigenvalue weighted by atomic mass is 10.0. The number of hydrogen-bond acceptors (Lipinski definition) is 7. The summed E-state index contributed by atoms with van der Waals surface area (Å²) in [6, 6.07) is 8.25. The lowest BCUT2D eigenvalue weighted by Crippen LogP contribution is -2.24. The molecule has 2 aromatic heterocycles. The van der Waals surface area contributed by atoms with Crippen LogP contribution >= 0.6 is 11.8 Å². The van der Waals surface area contributed by atoms with Crippen molar-refractivity contribution in [1.29, 1.82) is 0 Å². The maximum Gasteiger partial charge on any atom is 0.237 e. The first-order valence-corrected chi connectivity index (χ1v) is 9.18. The maximum absolute atomic E-state index is 5.36. The van der Waals surface area contributed by atoms with E-state index in [1.54, 1.807) is 4.68 Å². The highest BCUT2D eigenvalue weighted by Crippen LogP contribution is 2.25. The summed E-state index contributed by atoms with van der Waals surface area (Å²) in [5.74, 6) is 2.17. The molecule has 0 fully saturated rings. The molecular weight excluding hydrogens is 336 g/mol. The van der Waals surface area contributed by atoms with Crippen LogP contribution in [0.5, 0.6) is 0 Å². The van der Waals surface area contributed by atoms with E-state index >= 15 is 0 Å². The van der Waals surface area contributed by atoms with Gasteiger partial charge in [0.25, 0.3) is 0 Å². The smallest absolute Gasteiger partial charge is 0.237 e. The van der Waals surface area contributed by atoms with Crippen LogP contribution < -0.4 is 0 Å². The van der Waals surface area contributed by atoms with Crippen LogP contribution in [-0.2, 0) is 11.3 Å². The first kappa shape index (κ1) is 17.6. The Morgan fingerprint density at radius 1 is 1.16 bits per heavy atom. The van der Waals surface area contributed by atoms with Crippen LogP contribution in [0.3, 0.4) is 0 Å². The summed E-state index contributed by atoms with van der Waals surface area (Å²) in [5, 5.41) is 16.7. The second-order valence-electron chi connectivity index (χ2n) is 7.12. The molecule has 0 saturated heterocycles. The zero-order chi connectivity index (χ0) is 18.0. The van der Waals surface area contributed by atoms with Crippen molar-refractivity contribution in [3.63, 3.8) is 0 Å². The molecule has 0 saturated carbocycles. The Balaban J connectivity index is 1.69. The van der Waals surface area contributed by atoms with Crippen molar-refractivity contribution in [2.24, 2.45) is 0 Å². The fourth-order valence-corrected chi connectivity index (χ4v) is 3.16. The standard InChI is InChI=1S/C17H22N6OS/c1-11(2)12-6-8-13(9-7-12)15-18-14(24-20-15)10-25-16-19-21-22-23(16)17(3,4)5/h6-9,11H,10H2,1-5H3. The molecule has 3 aromatic rings. The van der Waals surface area contributed by atoms with E-state index in [0.29, 0.717) is 23.4 Å². The van der Waals surface area contributed by atoms with Crippen LogP contribution in [0.4, 0.5) is 0 Å². The van der Waals surface area contributed by atoms with Crippen molar-refractivity contribution in [2.45, 2.75) is 57.0 Å². The van der Waals surface area contributed by atoms with E-state index in [2.05, 4.69) is 72.4 Å². The second-order valence-corrected chi connectivity index (χ2v) is 8.06. The molecule has 1 aromatic carbocycles. The summed E-state index contributed by atoms with van der Waals surface area (Å²) in [5.41, 5.74) is 2.06. The van der Waals surface area contributed by atoms with Gasteiger partial charge in [-0.2, -0.15) is 4.98 Å². The molecule has 25 heavy (non-hydrogen) atoms. The molecule has 0 N–H and O–H groups in total. The molecule has 7 nitrogen and oxygen atoms in total. The molecule has 0 atom stereocenters. The van der Waals surface area contributed by atoms with Gasteiger partial charge in [0.1, 0.15) is 0 Å². The van der Waals surface area contributed by atoms with E-state index in [4.69, 9.17) is 4.52 Å². The maximum atomic E-state index is 5.36. The van der Waals surface area contributed by atoms with E-state index in [9.17, 15) is 0 Å². The fraction of sp³-hybridized carbons (Fsp3) is 0.471. The van der Waals surface area contributed by atoms with Crippen molar-refractivity contribution < 1.29 is 4.52 Å². The molecule has 2 heterocycles. The molecular formula is C17H22N6OS. The number of thioether (sulfide) groups is 1. The van der Waals surface area contributed by atoms with Gasteiger partial charge in [-0.1, -0.05) is 55.0 Å². The predicted octanol–water partition coefficient (Wildman–Crippen LogP) is 3.89. The normalized spacial score (nSPS) is 12.1. The van der Waals surface area contributed by atoms with E-state index in [0.717, 1.165) is 10.7 Å². The average Bonchev–Trinajstić information content (AvgIpc) is 3.22. The Morgan fingerprint density at radius 3 is 2.52 bits per heavy atom. The largest absolute Gasteiger partial charge is 0.338 e.